The summed E-state index contributed by atoms with van der Waals surface area (Å²) in [5.41, 5.74) is 5.52. The number of carbonyl (C=O) groups is 1. The van der Waals surface area contributed by atoms with E-state index in [2.05, 4.69) is 154 Å². The molecule has 6 atom stereocenters. The number of hydrogen-bond donors (Lipinski definition) is 0. The third-order valence-electron chi connectivity index (χ3n) is 26.0. The highest BCUT2D eigenvalue weighted by molar-refractivity contribution is 5.95. The van der Waals surface area contributed by atoms with Crippen molar-refractivity contribution >= 4 is 16.6 Å². The Morgan fingerprint density at radius 2 is 0.776 bits per heavy atom. The highest BCUT2D eigenvalue weighted by atomic mass is 16.7. The van der Waals surface area contributed by atoms with Gasteiger partial charge >= 0.3 is 0 Å². The van der Waals surface area contributed by atoms with Crippen LogP contribution in [0.3, 0.4) is 0 Å². The van der Waals surface area contributed by atoms with Crippen LogP contribution in [0.4, 0.5) is 0 Å². The van der Waals surface area contributed by atoms with E-state index < -0.39 is 0 Å². The largest absolute Gasteiger partial charge is 0.488 e. The molecular formula is C90H130O8. The quantitative estimate of drug-likeness (QED) is 0.0535. The second-order valence-electron chi connectivity index (χ2n) is 35.5. The van der Waals surface area contributed by atoms with Crippen LogP contribution in [0, 0.1) is 74.9 Å². The number of carbonyl (C=O) groups excluding carboxylic acids is 1. The highest BCUT2D eigenvalue weighted by Crippen LogP contribution is 2.65. The summed E-state index contributed by atoms with van der Waals surface area (Å²) >= 11 is 0. The Hall–Kier alpha value is -4.89. The zero-order chi connectivity index (χ0) is 69.7. The molecule has 0 aromatic heterocycles. The third kappa shape index (κ3) is 17.6. The second-order valence-corrected chi connectivity index (χ2v) is 35.5. The maximum Gasteiger partial charge on any atom is 0.205 e. The van der Waals surface area contributed by atoms with Crippen molar-refractivity contribution in [1.29, 1.82) is 0 Å². The summed E-state index contributed by atoms with van der Waals surface area (Å²) in [5, 5.41) is 2.18. The standard InChI is InChI=1S/C24H36O2.C23H34O2.C22H32O2.C21H28O2/c1-5-17(4)21-6-8-22(9-7-21)26-23(25-16(2)3)24-13-18-10-19(14-24)12-20(11-18)15-24;1-4-16(3)20-6-8-21(9-7-20)25-22(24-5-2)23-13-17-10-18(14-23)12-19(11-17)15-23;1-4-15(2)19-5-7-20(8-6-19)24-21(23-3)22-12-16-9-17(13-22)11-18(10-16)14-22;1-7-21(5,6)19(22)14-15-10-8-12-17-16(15)11-9-13-18(17)23-20(2,3)4/h6-9,16-20,23H,5,10-15H2,1-4H3;6-9,16-19,22H,4-5,10-15H2,1-3H3;5-8,15-18,21H,4,9-14H2,1-3H3;8-13H,7,14H2,1-6H3. The molecule has 0 saturated heterocycles. The van der Waals surface area contributed by atoms with Gasteiger partial charge in [-0.3, -0.25) is 4.79 Å². The van der Waals surface area contributed by atoms with Crippen molar-refractivity contribution in [1.82, 2.24) is 0 Å². The lowest BCUT2D eigenvalue weighted by atomic mass is 9.49. The van der Waals surface area contributed by atoms with Gasteiger partial charge in [0.1, 0.15) is 34.4 Å². The van der Waals surface area contributed by atoms with Gasteiger partial charge in [-0.25, -0.2) is 0 Å². The first-order valence-electron chi connectivity index (χ1n) is 39.7. The molecule has 12 saturated carbocycles. The SMILES string of the molecule is CCC(C)(C)C(=O)Cc1cccc2c(OC(C)(C)C)cccc12.CCC(C)c1ccc(OC(OC(C)C)C23CC4CC(CC(C4)C2)C3)cc1.CCC(C)c1ccc(OC(OC)C23CC4CC(CC(C4)C2)C3)cc1.CCOC(Oc1ccc(C(C)CC)cc1)C12CC3CC(CC(C3)C1)C2. The lowest BCUT2D eigenvalue weighted by Crippen LogP contribution is -2.54. The van der Waals surface area contributed by atoms with Gasteiger partial charge in [0.05, 0.1) is 6.10 Å². The highest BCUT2D eigenvalue weighted by Gasteiger charge is 2.59. The molecule has 0 radical (unpaired) electrons. The molecule has 12 aliphatic carbocycles. The first-order chi connectivity index (χ1) is 46.8. The van der Waals surface area contributed by atoms with Crippen LogP contribution in [-0.2, 0) is 25.4 Å². The second kappa shape index (κ2) is 31.8. The molecule has 0 spiro atoms. The van der Waals surface area contributed by atoms with E-state index in [9.17, 15) is 4.79 Å². The summed E-state index contributed by atoms with van der Waals surface area (Å²) in [7, 11) is 1.83. The van der Waals surface area contributed by atoms with Gasteiger partial charge in [-0.05, 0) is 324 Å². The van der Waals surface area contributed by atoms with Gasteiger partial charge in [-0.15, -0.1) is 0 Å². The van der Waals surface area contributed by atoms with Crippen LogP contribution in [0.25, 0.3) is 10.8 Å². The number of rotatable bonds is 25. The Kier molecular flexibility index (Phi) is 24.1. The smallest absolute Gasteiger partial charge is 0.205 e. The fraction of sp³-hybridized carbons (Fsp3) is 0.678. The van der Waals surface area contributed by atoms with Crippen molar-refractivity contribution in [3.05, 3.63) is 131 Å². The average Bonchev–Trinajstić information content (AvgIpc) is 0.755. The Balaban J connectivity index is 0.000000132. The fourth-order valence-corrected chi connectivity index (χ4v) is 21.1. The van der Waals surface area contributed by atoms with Crippen LogP contribution in [0.1, 0.15) is 285 Å². The van der Waals surface area contributed by atoms with Gasteiger partial charge in [-0.1, -0.05) is 129 Å². The van der Waals surface area contributed by atoms with E-state index in [1.54, 1.807) is 0 Å². The van der Waals surface area contributed by atoms with Crippen molar-refractivity contribution in [2.75, 3.05) is 13.7 Å². The Morgan fingerprint density at radius 3 is 1.11 bits per heavy atom. The van der Waals surface area contributed by atoms with Gasteiger partial charge in [0, 0.05) is 47.2 Å². The topological polar surface area (TPSA) is 81.7 Å². The zero-order valence-electron chi connectivity index (χ0n) is 63.9. The first kappa shape index (κ1) is 74.3. The van der Waals surface area contributed by atoms with Crippen molar-refractivity contribution in [3.63, 3.8) is 0 Å². The molecule has 0 amide bonds. The van der Waals surface area contributed by atoms with Crippen molar-refractivity contribution < 1.29 is 38.0 Å². The molecule has 98 heavy (non-hydrogen) atoms. The molecule has 6 unspecified atom stereocenters. The number of fused-ring (bicyclic) bond motifs is 1. The molecule has 12 bridgehead atoms. The Bertz CT molecular complexity index is 3230. The molecule has 0 N–H and O–H groups in total. The molecule has 0 heterocycles. The number of ketones is 1. The predicted octanol–water partition coefficient (Wildman–Crippen LogP) is 24.0. The van der Waals surface area contributed by atoms with Crippen LogP contribution in [0.5, 0.6) is 23.0 Å². The third-order valence-corrected chi connectivity index (χ3v) is 26.0. The van der Waals surface area contributed by atoms with E-state index in [4.69, 9.17) is 33.2 Å². The van der Waals surface area contributed by atoms with E-state index >= 15 is 0 Å². The summed E-state index contributed by atoms with van der Waals surface area (Å²) in [6.45, 7) is 32.9. The summed E-state index contributed by atoms with van der Waals surface area (Å²) in [6.07, 6.45) is 29.7. The van der Waals surface area contributed by atoms with E-state index in [-0.39, 0.29) is 58.0 Å². The summed E-state index contributed by atoms with van der Waals surface area (Å²) in [5.74, 6) is 14.2. The minimum absolute atomic E-state index is 0.0691. The van der Waals surface area contributed by atoms with Gasteiger partial charge in [0.25, 0.3) is 0 Å². The average molecular weight is 1340 g/mol. The maximum absolute atomic E-state index is 12.6. The normalized spacial score (nSPS) is 30.2. The lowest BCUT2D eigenvalue weighted by Gasteiger charge is -2.58. The Labute approximate surface area is 594 Å². The number of hydrogen-bond acceptors (Lipinski definition) is 8. The Morgan fingerprint density at radius 1 is 0.439 bits per heavy atom. The molecule has 8 nitrogen and oxygen atoms in total. The lowest BCUT2D eigenvalue weighted by molar-refractivity contribution is -0.227. The maximum atomic E-state index is 12.6. The molecule has 8 heteroatoms. The summed E-state index contributed by atoms with van der Waals surface area (Å²) in [4.78, 5) is 12.6. The van der Waals surface area contributed by atoms with Gasteiger partial charge in [-0.2, -0.15) is 0 Å². The van der Waals surface area contributed by atoms with Crippen molar-refractivity contribution in [2.45, 2.75) is 300 Å². The fourth-order valence-electron chi connectivity index (χ4n) is 21.1. The van der Waals surface area contributed by atoms with Crippen LogP contribution in [-0.4, -0.2) is 50.1 Å². The van der Waals surface area contributed by atoms with Crippen LogP contribution in [0.15, 0.2) is 109 Å². The number of ether oxygens (including phenoxy) is 7. The van der Waals surface area contributed by atoms with Gasteiger partial charge in [0.15, 0.2) is 0 Å². The molecule has 12 fully saturated rings. The number of Topliss-reactive ketones (excluding diaryl/α,β-unsaturated/α-hetero) is 1. The molecule has 12 aliphatic rings. The molecule has 538 valence electrons. The van der Waals surface area contributed by atoms with E-state index in [0.29, 0.717) is 24.2 Å². The molecule has 5 aromatic carbocycles. The number of methoxy groups -OCH3 is 1. The summed E-state index contributed by atoms with van der Waals surface area (Å²) < 4.78 is 44.1. The molecule has 17 rings (SSSR count). The first-order valence-corrected chi connectivity index (χ1v) is 39.7. The van der Waals surface area contributed by atoms with Crippen molar-refractivity contribution in [3.8, 4) is 23.0 Å². The van der Waals surface area contributed by atoms with E-state index in [0.717, 1.165) is 106 Å². The monoisotopic (exact) mass is 1340 g/mol. The minimum Gasteiger partial charge on any atom is -0.488 e. The van der Waals surface area contributed by atoms with E-state index in [1.807, 2.05) is 66.0 Å². The molecular weight excluding hydrogens is 1210 g/mol. The van der Waals surface area contributed by atoms with Gasteiger partial charge in [0.2, 0.25) is 18.9 Å². The number of benzene rings is 5. The van der Waals surface area contributed by atoms with Gasteiger partial charge < -0.3 is 33.2 Å². The van der Waals surface area contributed by atoms with E-state index in [1.165, 1.54) is 152 Å². The molecule has 5 aromatic rings. The predicted molar refractivity (Wildman–Crippen MR) is 402 cm³/mol. The zero-order valence-corrected chi connectivity index (χ0v) is 63.9. The van der Waals surface area contributed by atoms with Crippen LogP contribution < -0.4 is 18.9 Å². The molecule has 0 aliphatic heterocycles. The van der Waals surface area contributed by atoms with Crippen molar-refractivity contribution in [2.24, 2.45) is 74.9 Å². The summed E-state index contributed by atoms with van der Waals surface area (Å²) in [6, 6.07) is 38.4. The van der Waals surface area contributed by atoms with Crippen LogP contribution in [0.2, 0.25) is 0 Å². The minimum atomic E-state index is -0.276. The van der Waals surface area contributed by atoms with Crippen LogP contribution >= 0.6 is 0 Å².